The fourth-order valence-electron chi connectivity index (χ4n) is 3.91. The van der Waals surface area contributed by atoms with Crippen molar-refractivity contribution in [1.29, 1.82) is 5.26 Å². The number of nitrogens with one attached hydrogen (secondary N) is 1. The molecule has 1 amide bonds. The Morgan fingerprint density at radius 1 is 1.29 bits per heavy atom. The second-order valence-corrected chi connectivity index (χ2v) is 6.97. The number of carbonyl (C=O) groups is 1. The summed E-state index contributed by atoms with van der Waals surface area (Å²) in [6, 6.07) is 12.2. The number of nitriles is 1. The zero-order valence-corrected chi connectivity index (χ0v) is 13.8. The third-order valence-corrected chi connectivity index (χ3v) is 5.17. The van der Waals surface area contributed by atoms with E-state index in [9.17, 15) is 9.18 Å². The summed E-state index contributed by atoms with van der Waals surface area (Å²) < 4.78 is 13.4. The zero-order chi connectivity index (χ0) is 16.9. The van der Waals surface area contributed by atoms with Gasteiger partial charge in [0.2, 0.25) is 5.91 Å². The summed E-state index contributed by atoms with van der Waals surface area (Å²) in [7, 11) is 0. The molecule has 3 rings (SSSR count). The van der Waals surface area contributed by atoms with Gasteiger partial charge in [-0.05, 0) is 37.2 Å². The highest BCUT2D eigenvalue weighted by atomic mass is 19.1. The highest BCUT2D eigenvalue weighted by molar-refractivity contribution is 5.79. The van der Waals surface area contributed by atoms with Crippen molar-refractivity contribution in [2.24, 2.45) is 5.92 Å². The predicted octanol–water partition coefficient (Wildman–Crippen LogP) is 2.45. The van der Waals surface area contributed by atoms with E-state index in [0.29, 0.717) is 12.0 Å². The van der Waals surface area contributed by atoms with E-state index in [1.807, 2.05) is 12.1 Å². The second-order valence-electron chi connectivity index (χ2n) is 6.97. The molecule has 0 radical (unpaired) electrons. The van der Waals surface area contributed by atoms with Crippen LogP contribution in [0.25, 0.3) is 0 Å². The van der Waals surface area contributed by atoms with E-state index >= 15 is 0 Å². The lowest BCUT2D eigenvalue weighted by molar-refractivity contribution is -0.130. The van der Waals surface area contributed by atoms with Gasteiger partial charge in [-0.25, -0.2) is 4.39 Å². The number of benzene rings is 1. The van der Waals surface area contributed by atoms with Crippen molar-refractivity contribution in [3.8, 4) is 6.07 Å². The van der Waals surface area contributed by atoms with Crippen molar-refractivity contribution < 1.29 is 9.18 Å². The molecule has 2 aliphatic rings. The van der Waals surface area contributed by atoms with Gasteiger partial charge in [0.05, 0.1) is 19.2 Å². The number of hydrogen-bond donors (Lipinski definition) is 1. The van der Waals surface area contributed by atoms with E-state index in [1.165, 1.54) is 10.5 Å². The van der Waals surface area contributed by atoms with E-state index in [0.717, 1.165) is 25.7 Å². The summed E-state index contributed by atoms with van der Waals surface area (Å²) in [6.45, 7) is 0.258. The third-order valence-electron chi connectivity index (χ3n) is 5.17. The lowest BCUT2D eigenvalue weighted by atomic mass is 9.98. The van der Waals surface area contributed by atoms with Crippen LogP contribution >= 0.6 is 0 Å². The molecule has 1 heterocycles. The first kappa shape index (κ1) is 16.9. The maximum Gasteiger partial charge on any atom is 0.237 e. The second kappa shape index (κ2) is 7.76. The molecule has 128 valence electrons. The molecule has 4 atom stereocenters. The third kappa shape index (κ3) is 4.12. The Kier molecular flexibility index (Phi) is 5.47. The van der Waals surface area contributed by atoms with Gasteiger partial charge in [0.25, 0.3) is 0 Å². The van der Waals surface area contributed by atoms with Crippen LogP contribution in [0.15, 0.2) is 30.3 Å². The van der Waals surface area contributed by atoms with Gasteiger partial charge in [-0.3, -0.25) is 4.79 Å². The van der Waals surface area contributed by atoms with E-state index in [-0.39, 0.29) is 25.4 Å². The minimum absolute atomic E-state index is 0.0556. The quantitative estimate of drug-likeness (QED) is 0.903. The lowest BCUT2D eigenvalue weighted by Gasteiger charge is -2.21. The zero-order valence-electron chi connectivity index (χ0n) is 13.8. The first-order valence-electron chi connectivity index (χ1n) is 8.76. The molecule has 1 aromatic rings. The summed E-state index contributed by atoms with van der Waals surface area (Å²) in [5.41, 5.74) is 1.36. The minimum atomic E-state index is -1.07. The Balaban J connectivity index is 1.43. The Hall–Kier alpha value is -1.93. The molecule has 24 heavy (non-hydrogen) atoms. The fourth-order valence-corrected chi connectivity index (χ4v) is 3.91. The topological polar surface area (TPSA) is 56.1 Å². The van der Waals surface area contributed by atoms with E-state index in [1.54, 1.807) is 0 Å². The van der Waals surface area contributed by atoms with Crippen LogP contribution in [-0.2, 0) is 11.2 Å². The van der Waals surface area contributed by atoms with Gasteiger partial charge in [0.1, 0.15) is 12.2 Å². The summed E-state index contributed by atoms with van der Waals surface area (Å²) in [5.74, 6) is 0.488. The Morgan fingerprint density at radius 2 is 2.08 bits per heavy atom. The van der Waals surface area contributed by atoms with Gasteiger partial charge < -0.3 is 10.2 Å². The number of alkyl halides is 1. The van der Waals surface area contributed by atoms with Crippen LogP contribution in [-0.4, -0.2) is 42.2 Å². The van der Waals surface area contributed by atoms with Crippen molar-refractivity contribution in [1.82, 2.24) is 10.2 Å². The normalized spacial score (nSPS) is 29.6. The number of hydrogen-bond acceptors (Lipinski definition) is 3. The molecule has 0 aromatic heterocycles. The Morgan fingerprint density at radius 3 is 2.83 bits per heavy atom. The maximum atomic E-state index is 13.4. The molecule has 2 fully saturated rings. The van der Waals surface area contributed by atoms with Crippen LogP contribution in [0.3, 0.4) is 0 Å². The van der Waals surface area contributed by atoms with Crippen molar-refractivity contribution in [2.75, 3.05) is 13.1 Å². The summed E-state index contributed by atoms with van der Waals surface area (Å²) >= 11 is 0. The van der Waals surface area contributed by atoms with Gasteiger partial charge in [0.15, 0.2) is 0 Å². The molecule has 0 spiro atoms. The van der Waals surface area contributed by atoms with Gasteiger partial charge in [-0.15, -0.1) is 0 Å². The molecule has 5 heteroatoms. The summed E-state index contributed by atoms with van der Waals surface area (Å²) in [6.07, 6.45) is 3.45. The van der Waals surface area contributed by atoms with E-state index in [2.05, 4.69) is 29.6 Å². The molecule has 1 saturated heterocycles. The van der Waals surface area contributed by atoms with Crippen LogP contribution in [0.5, 0.6) is 0 Å². The lowest BCUT2D eigenvalue weighted by Crippen LogP contribution is -2.43. The molecule has 0 bridgehead atoms. The first-order valence-corrected chi connectivity index (χ1v) is 8.76. The van der Waals surface area contributed by atoms with E-state index < -0.39 is 12.2 Å². The molecular weight excluding hydrogens is 305 g/mol. The minimum Gasteiger partial charge on any atom is -0.323 e. The van der Waals surface area contributed by atoms with Crippen LogP contribution in [0.1, 0.15) is 31.2 Å². The van der Waals surface area contributed by atoms with Crippen molar-refractivity contribution in [2.45, 2.75) is 50.4 Å². The summed E-state index contributed by atoms with van der Waals surface area (Å²) in [5, 5.41) is 12.3. The number of carbonyl (C=O) groups excluding carboxylic acids is 1. The standard InChI is InChI=1S/C19H24FN3O/c20-16-10-18(11-21)23(13-16)19(24)12-22-17-7-6-15(9-17)8-14-4-2-1-3-5-14/h1-5,15-18,22H,6-10,12-13H2/t15-,16+,17-,18+/m1/s1. The van der Waals surface area contributed by atoms with Crippen molar-refractivity contribution in [3.05, 3.63) is 35.9 Å². The van der Waals surface area contributed by atoms with Gasteiger partial charge in [-0.2, -0.15) is 5.26 Å². The average Bonchev–Trinajstić information content (AvgIpc) is 3.19. The smallest absolute Gasteiger partial charge is 0.237 e. The molecule has 1 aromatic carbocycles. The largest absolute Gasteiger partial charge is 0.323 e. The highest BCUT2D eigenvalue weighted by Gasteiger charge is 2.35. The van der Waals surface area contributed by atoms with Gasteiger partial charge in [0, 0.05) is 12.5 Å². The number of nitrogens with zero attached hydrogens (tertiary/aromatic N) is 2. The van der Waals surface area contributed by atoms with Crippen LogP contribution in [0.4, 0.5) is 4.39 Å². The molecular formula is C19H24FN3O. The molecule has 1 aliphatic heterocycles. The van der Waals surface area contributed by atoms with Gasteiger partial charge >= 0.3 is 0 Å². The Bertz CT molecular complexity index is 600. The number of halogens is 1. The highest BCUT2D eigenvalue weighted by Crippen LogP contribution is 2.28. The van der Waals surface area contributed by atoms with Crippen molar-refractivity contribution in [3.63, 3.8) is 0 Å². The van der Waals surface area contributed by atoms with Gasteiger partial charge in [-0.1, -0.05) is 30.3 Å². The maximum absolute atomic E-state index is 13.4. The van der Waals surface area contributed by atoms with E-state index in [4.69, 9.17) is 5.26 Å². The van der Waals surface area contributed by atoms with Crippen molar-refractivity contribution >= 4 is 5.91 Å². The average molecular weight is 329 g/mol. The van der Waals surface area contributed by atoms with Crippen LogP contribution in [0.2, 0.25) is 0 Å². The molecule has 4 nitrogen and oxygen atoms in total. The summed E-state index contributed by atoms with van der Waals surface area (Å²) in [4.78, 5) is 13.6. The molecule has 1 aliphatic carbocycles. The fraction of sp³-hybridized carbons (Fsp3) is 0.579. The van der Waals surface area contributed by atoms with Crippen LogP contribution < -0.4 is 5.32 Å². The molecule has 1 saturated carbocycles. The SMILES string of the molecule is N#C[C@@H]1C[C@H](F)CN1C(=O)CN[C@@H]1CC[C@H](Cc2ccccc2)C1. The predicted molar refractivity (Wildman–Crippen MR) is 89.9 cm³/mol. The first-order chi connectivity index (χ1) is 11.7. The number of amides is 1. The number of likely N-dealkylation sites (tertiary alicyclic amines) is 1. The Labute approximate surface area is 142 Å². The molecule has 1 N–H and O–H groups in total. The monoisotopic (exact) mass is 329 g/mol. The molecule has 0 unspecified atom stereocenters. The van der Waals surface area contributed by atoms with Crippen LogP contribution in [0, 0.1) is 17.2 Å². The number of rotatable bonds is 5.